The Labute approximate surface area is 73.1 Å². The monoisotopic (exact) mass is 161 g/mol. The highest BCUT2D eigenvalue weighted by molar-refractivity contribution is 4.87. The molecule has 11 heavy (non-hydrogen) atoms. The molecule has 1 saturated heterocycles. The highest BCUT2D eigenvalue weighted by Gasteiger charge is 2.40. The summed E-state index contributed by atoms with van der Waals surface area (Å²) < 4.78 is 30.6. The molecule has 0 radical (unpaired) electrons. The van der Waals surface area contributed by atoms with Crippen LogP contribution in [0.15, 0.2) is 0 Å². The summed E-state index contributed by atoms with van der Waals surface area (Å²) in [4.78, 5) is 0. The fraction of sp³-hybridized carbons (Fsp3) is 1.00. The quantitative estimate of drug-likeness (QED) is 0.624. The molecule has 1 aliphatic rings. The van der Waals surface area contributed by atoms with Crippen molar-refractivity contribution in [2.24, 2.45) is 11.3 Å². The van der Waals surface area contributed by atoms with Gasteiger partial charge >= 0.3 is 0 Å². The molecule has 0 aromatic carbocycles. The van der Waals surface area contributed by atoms with E-state index < -0.39 is 7.04 Å². The molecule has 66 valence electrons. The van der Waals surface area contributed by atoms with Crippen LogP contribution in [0.3, 0.4) is 0 Å². The summed E-state index contributed by atoms with van der Waals surface area (Å²) in [5.41, 5.74) is 0.144. The van der Waals surface area contributed by atoms with Gasteiger partial charge in [0.25, 0.3) is 0 Å². The van der Waals surface area contributed by atoms with Crippen molar-refractivity contribution in [3.63, 3.8) is 0 Å². The second-order valence-electron chi connectivity index (χ2n) is 3.61. The molecular formula is C9H18O2. The predicted octanol–water partition coefficient (Wildman–Crippen LogP) is 1.70. The molecule has 0 aliphatic carbocycles. The molecule has 0 N–H and O–H groups in total. The minimum absolute atomic E-state index is 0.144. The van der Waals surface area contributed by atoms with Crippen LogP contribution in [0, 0.1) is 11.3 Å². The Hall–Kier alpha value is -0.0800. The molecule has 2 heteroatoms. The van der Waals surface area contributed by atoms with E-state index in [0.717, 1.165) is 19.6 Å². The Kier molecular flexibility index (Phi) is 1.79. The zero-order valence-electron chi connectivity index (χ0n) is 10.2. The molecule has 0 bridgehead atoms. The minimum atomic E-state index is -2.26. The van der Waals surface area contributed by atoms with Crippen LogP contribution in [-0.4, -0.2) is 26.9 Å². The van der Waals surface area contributed by atoms with Gasteiger partial charge in [0.1, 0.15) is 0 Å². The van der Waals surface area contributed by atoms with E-state index in [1.165, 1.54) is 0 Å². The summed E-state index contributed by atoms with van der Waals surface area (Å²) in [6, 6.07) is 0. The van der Waals surface area contributed by atoms with Crippen LogP contribution in [0.4, 0.5) is 0 Å². The van der Waals surface area contributed by atoms with E-state index in [0.29, 0.717) is 5.92 Å². The predicted molar refractivity (Wildman–Crippen MR) is 44.6 cm³/mol. The number of ether oxygens (including phenoxy) is 2. The summed E-state index contributed by atoms with van der Waals surface area (Å²) in [5, 5.41) is 0. The van der Waals surface area contributed by atoms with Gasteiger partial charge in [-0.2, -0.15) is 0 Å². The van der Waals surface area contributed by atoms with Gasteiger partial charge in [0.05, 0.1) is 17.3 Å². The van der Waals surface area contributed by atoms with Gasteiger partial charge in [0.15, 0.2) is 0 Å². The highest BCUT2D eigenvalue weighted by atomic mass is 16.5. The van der Waals surface area contributed by atoms with Crippen LogP contribution in [0.2, 0.25) is 0 Å². The number of rotatable bonds is 4. The first-order valence-electron chi connectivity index (χ1n) is 5.57. The molecule has 0 aromatic heterocycles. The van der Waals surface area contributed by atoms with E-state index >= 15 is 0 Å². The van der Waals surface area contributed by atoms with Crippen LogP contribution < -0.4 is 0 Å². The fourth-order valence-corrected chi connectivity index (χ4v) is 1.38. The highest BCUT2D eigenvalue weighted by Crippen LogP contribution is 2.38. The van der Waals surface area contributed by atoms with Crippen molar-refractivity contribution in [3.05, 3.63) is 0 Å². The Morgan fingerprint density at radius 3 is 2.73 bits per heavy atom. The topological polar surface area (TPSA) is 18.5 Å². The molecule has 2 nitrogen and oxygen atoms in total. The van der Waals surface area contributed by atoms with Gasteiger partial charge in [-0.3, -0.25) is 0 Å². The standard InChI is InChI=1S/C9H18O2/c1-8(2)9(4-5-10-3)6-11-7-9/h8H,4-7H2,1-3H3/i3D3. The Morgan fingerprint density at radius 1 is 1.64 bits per heavy atom. The Morgan fingerprint density at radius 2 is 2.36 bits per heavy atom. The molecule has 1 rings (SSSR count). The Balaban J connectivity index is 2.29. The first kappa shape index (κ1) is 5.55. The first-order valence-corrected chi connectivity index (χ1v) is 4.07. The smallest absolute Gasteiger partial charge is 0.0548 e. The van der Waals surface area contributed by atoms with Gasteiger partial charge in [-0.15, -0.1) is 0 Å². The van der Waals surface area contributed by atoms with Crippen molar-refractivity contribution in [2.75, 3.05) is 26.9 Å². The summed E-state index contributed by atoms with van der Waals surface area (Å²) in [6.07, 6.45) is 0.767. The summed E-state index contributed by atoms with van der Waals surface area (Å²) >= 11 is 0. The molecule has 0 aromatic rings. The molecule has 0 unspecified atom stereocenters. The lowest BCUT2D eigenvalue weighted by Crippen LogP contribution is -2.47. The number of hydrogen-bond donors (Lipinski definition) is 0. The molecule has 0 atom stereocenters. The van der Waals surface area contributed by atoms with Crippen molar-refractivity contribution in [1.82, 2.24) is 0 Å². The fourth-order valence-electron chi connectivity index (χ4n) is 1.38. The summed E-state index contributed by atoms with van der Waals surface area (Å²) in [7, 11) is -2.26. The van der Waals surface area contributed by atoms with Crippen molar-refractivity contribution in [2.45, 2.75) is 20.3 Å². The third kappa shape index (κ3) is 1.74. The maximum Gasteiger partial charge on any atom is 0.0548 e. The number of methoxy groups -OCH3 is 1. The summed E-state index contributed by atoms with van der Waals surface area (Å²) in [5.74, 6) is 0.511. The first-order chi connectivity index (χ1) is 6.36. The van der Waals surface area contributed by atoms with Gasteiger partial charge in [-0.1, -0.05) is 13.8 Å². The normalized spacial score (nSPS) is 27.0. The van der Waals surface area contributed by atoms with Crippen molar-refractivity contribution in [3.8, 4) is 0 Å². The van der Waals surface area contributed by atoms with E-state index in [9.17, 15) is 0 Å². The van der Waals surface area contributed by atoms with E-state index in [1.54, 1.807) is 0 Å². The van der Waals surface area contributed by atoms with Crippen LogP contribution in [0.5, 0.6) is 0 Å². The van der Waals surface area contributed by atoms with Crippen LogP contribution in [0.25, 0.3) is 0 Å². The van der Waals surface area contributed by atoms with Gasteiger partial charge in [0, 0.05) is 19.1 Å². The molecular weight excluding hydrogens is 140 g/mol. The zero-order valence-corrected chi connectivity index (χ0v) is 7.22. The molecule has 1 fully saturated rings. The van der Waals surface area contributed by atoms with E-state index in [4.69, 9.17) is 13.6 Å². The molecule has 0 saturated carbocycles. The van der Waals surface area contributed by atoms with Crippen molar-refractivity contribution < 1.29 is 13.6 Å². The molecule has 1 aliphatic heterocycles. The maximum atomic E-state index is 6.90. The second kappa shape index (κ2) is 3.55. The van der Waals surface area contributed by atoms with Crippen LogP contribution >= 0.6 is 0 Å². The average molecular weight is 161 g/mol. The largest absolute Gasteiger partial charge is 0.385 e. The minimum Gasteiger partial charge on any atom is -0.385 e. The molecule has 1 heterocycles. The van der Waals surface area contributed by atoms with E-state index in [-0.39, 0.29) is 12.0 Å². The number of hydrogen-bond acceptors (Lipinski definition) is 2. The third-order valence-electron chi connectivity index (χ3n) is 2.71. The van der Waals surface area contributed by atoms with Gasteiger partial charge in [-0.25, -0.2) is 0 Å². The molecule has 0 amide bonds. The van der Waals surface area contributed by atoms with Crippen molar-refractivity contribution in [1.29, 1.82) is 0 Å². The Bertz CT molecular complexity index is 185. The lowest BCUT2D eigenvalue weighted by molar-refractivity contribution is -0.149. The van der Waals surface area contributed by atoms with Crippen LogP contribution in [-0.2, 0) is 9.47 Å². The van der Waals surface area contributed by atoms with Crippen LogP contribution in [0.1, 0.15) is 24.4 Å². The van der Waals surface area contributed by atoms with Gasteiger partial charge in [-0.05, 0) is 12.3 Å². The lowest BCUT2D eigenvalue weighted by Gasteiger charge is -2.44. The maximum absolute atomic E-state index is 6.90. The lowest BCUT2D eigenvalue weighted by atomic mass is 9.73. The van der Waals surface area contributed by atoms with Crippen molar-refractivity contribution >= 4 is 0 Å². The zero-order chi connectivity index (χ0) is 10.8. The van der Waals surface area contributed by atoms with E-state index in [1.807, 2.05) is 0 Å². The van der Waals surface area contributed by atoms with Gasteiger partial charge in [0.2, 0.25) is 0 Å². The summed E-state index contributed by atoms with van der Waals surface area (Å²) in [6.45, 7) is 6.03. The molecule has 0 spiro atoms. The second-order valence-corrected chi connectivity index (χ2v) is 3.61. The third-order valence-corrected chi connectivity index (χ3v) is 2.71. The SMILES string of the molecule is [2H]C([2H])([2H])OCCC1(C(C)C)COC1. The van der Waals surface area contributed by atoms with E-state index in [2.05, 4.69) is 13.8 Å². The van der Waals surface area contributed by atoms with Gasteiger partial charge < -0.3 is 9.47 Å². The average Bonchev–Trinajstić information content (AvgIpc) is 1.91.